The fourth-order valence-corrected chi connectivity index (χ4v) is 3.08. The van der Waals surface area contributed by atoms with Crippen LogP contribution in [0.4, 0.5) is 5.69 Å². The van der Waals surface area contributed by atoms with E-state index in [0.717, 1.165) is 5.69 Å². The maximum atomic E-state index is 12.5. The summed E-state index contributed by atoms with van der Waals surface area (Å²) in [6.45, 7) is 4.63. The second kappa shape index (κ2) is 7.07. The van der Waals surface area contributed by atoms with Crippen LogP contribution in [0.5, 0.6) is 11.5 Å². The van der Waals surface area contributed by atoms with Crippen molar-refractivity contribution in [3.8, 4) is 11.5 Å². The Kier molecular flexibility index (Phi) is 4.84. The number of methoxy groups -OCH3 is 2. The van der Waals surface area contributed by atoms with E-state index in [-0.39, 0.29) is 5.56 Å². The highest BCUT2D eigenvalue weighted by atomic mass is 16.5. The molecule has 1 heterocycles. The molecular weight excluding hydrogens is 330 g/mol. The van der Waals surface area contributed by atoms with Gasteiger partial charge in [0.25, 0.3) is 5.56 Å². The summed E-state index contributed by atoms with van der Waals surface area (Å²) < 4.78 is 10.6. The van der Waals surface area contributed by atoms with Gasteiger partial charge in [0.05, 0.1) is 31.7 Å². The zero-order valence-corrected chi connectivity index (χ0v) is 15.7. The number of nitrogens with one attached hydrogen (secondary N) is 1. The summed E-state index contributed by atoms with van der Waals surface area (Å²) in [5.41, 5.74) is 3.86. The van der Waals surface area contributed by atoms with Gasteiger partial charge in [-0.05, 0) is 43.2 Å². The number of aryl methyl sites for hydroxylation is 2. The normalized spacial score (nSPS) is 10.8. The number of ether oxygens (including phenoxy) is 2. The van der Waals surface area contributed by atoms with Crippen LogP contribution in [0.3, 0.4) is 0 Å². The topological polar surface area (TPSA) is 67.5 Å². The predicted molar refractivity (Wildman–Crippen MR) is 103 cm³/mol. The molecule has 3 rings (SSSR count). The lowest BCUT2D eigenvalue weighted by Crippen LogP contribution is -2.21. The molecule has 0 aliphatic carbocycles. The number of hydrogen-bond acceptors (Lipinski definition) is 5. The molecule has 0 radical (unpaired) electrons. The second-order valence-electron chi connectivity index (χ2n) is 6.44. The molecule has 2 aromatic carbocycles. The minimum Gasteiger partial charge on any atom is -0.493 e. The average Bonchev–Trinajstić information content (AvgIpc) is 2.59. The van der Waals surface area contributed by atoms with Gasteiger partial charge in [0.15, 0.2) is 11.5 Å². The Labute approximate surface area is 152 Å². The van der Waals surface area contributed by atoms with Crippen molar-refractivity contribution in [2.24, 2.45) is 0 Å². The molecule has 1 aromatic heterocycles. The van der Waals surface area contributed by atoms with Gasteiger partial charge in [-0.15, -0.1) is 0 Å². The Hall–Kier alpha value is -3.02. The standard InChI is InChI=1S/C20H23N3O3/c1-12-6-13(2)8-14(7-12)23(3)11-19-21-16-10-18(26-5)17(25-4)9-15(16)20(24)22-19/h6-10H,11H2,1-5H3,(H,21,22,24). The number of fused-ring (bicyclic) bond motifs is 1. The van der Waals surface area contributed by atoms with Crippen LogP contribution in [-0.4, -0.2) is 31.2 Å². The van der Waals surface area contributed by atoms with Gasteiger partial charge in [-0.3, -0.25) is 4.79 Å². The van der Waals surface area contributed by atoms with E-state index in [9.17, 15) is 4.79 Å². The highest BCUT2D eigenvalue weighted by Crippen LogP contribution is 2.30. The van der Waals surface area contributed by atoms with Crippen molar-refractivity contribution in [1.29, 1.82) is 0 Å². The quantitative estimate of drug-likeness (QED) is 0.763. The van der Waals surface area contributed by atoms with Crippen molar-refractivity contribution in [2.45, 2.75) is 20.4 Å². The van der Waals surface area contributed by atoms with E-state index in [1.807, 2.05) is 7.05 Å². The third kappa shape index (κ3) is 3.49. The highest BCUT2D eigenvalue weighted by Gasteiger charge is 2.12. The molecule has 6 heteroatoms. The monoisotopic (exact) mass is 353 g/mol. The second-order valence-corrected chi connectivity index (χ2v) is 6.44. The van der Waals surface area contributed by atoms with E-state index < -0.39 is 0 Å². The van der Waals surface area contributed by atoms with Gasteiger partial charge in [0, 0.05) is 18.8 Å². The molecule has 0 saturated heterocycles. The summed E-state index contributed by atoms with van der Waals surface area (Å²) in [4.78, 5) is 22.0. The molecule has 3 aromatic rings. The van der Waals surface area contributed by atoms with Gasteiger partial charge in [-0.25, -0.2) is 4.98 Å². The smallest absolute Gasteiger partial charge is 0.258 e. The zero-order chi connectivity index (χ0) is 18.8. The Bertz CT molecular complexity index is 991. The zero-order valence-electron chi connectivity index (χ0n) is 15.7. The minimum absolute atomic E-state index is 0.195. The first kappa shape index (κ1) is 17.8. The van der Waals surface area contributed by atoms with Crippen LogP contribution in [0.1, 0.15) is 17.0 Å². The Morgan fingerprint density at radius 3 is 2.23 bits per heavy atom. The number of anilines is 1. The van der Waals surface area contributed by atoms with Crippen molar-refractivity contribution >= 4 is 16.6 Å². The van der Waals surface area contributed by atoms with E-state index in [1.54, 1.807) is 26.4 Å². The lowest BCUT2D eigenvalue weighted by molar-refractivity contribution is 0.355. The first-order valence-electron chi connectivity index (χ1n) is 8.35. The fraction of sp³-hybridized carbons (Fsp3) is 0.300. The van der Waals surface area contributed by atoms with Gasteiger partial charge in [0.2, 0.25) is 0 Å². The molecule has 0 amide bonds. The van der Waals surface area contributed by atoms with Crippen LogP contribution < -0.4 is 19.9 Å². The van der Waals surface area contributed by atoms with E-state index in [2.05, 4.69) is 46.9 Å². The SMILES string of the molecule is COc1cc2nc(CN(C)c3cc(C)cc(C)c3)[nH]c(=O)c2cc1OC. The Morgan fingerprint density at radius 2 is 1.62 bits per heavy atom. The van der Waals surface area contributed by atoms with Gasteiger partial charge in [-0.2, -0.15) is 0 Å². The van der Waals surface area contributed by atoms with E-state index in [1.165, 1.54) is 11.1 Å². The number of H-pyrrole nitrogens is 1. The third-order valence-electron chi connectivity index (χ3n) is 4.29. The molecule has 0 saturated carbocycles. The molecule has 6 nitrogen and oxygen atoms in total. The summed E-state index contributed by atoms with van der Waals surface area (Å²) in [6, 6.07) is 9.73. The molecule has 0 spiro atoms. The molecule has 26 heavy (non-hydrogen) atoms. The Morgan fingerprint density at radius 1 is 1.00 bits per heavy atom. The Balaban J connectivity index is 1.99. The summed E-state index contributed by atoms with van der Waals surface area (Å²) in [7, 11) is 5.08. The largest absolute Gasteiger partial charge is 0.493 e. The van der Waals surface area contributed by atoms with Crippen LogP contribution in [0.15, 0.2) is 35.1 Å². The summed E-state index contributed by atoms with van der Waals surface area (Å²) in [6.07, 6.45) is 0. The third-order valence-corrected chi connectivity index (χ3v) is 4.29. The van der Waals surface area contributed by atoms with Crippen LogP contribution in [-0.2, 0) is 6.54 Å². The molecule has 0 unspecified atom stereocenters. The first-order valence-corrected chi connectivity index (χ1v) is 8.35. The van der Waals surface area contributed by atoms with E-state index in [4.69, 9.17) is 9.47 Å². The molecule has 136 valence electrons. The molecule has 0 aliphatic heterocycles. The number of nitrogens with zero attached hydrogens (tertiary/aromatic N) is 2. The van der Waals surface area contributed by atoms with Gasteiger partial charge in [-0.1, -0.05) is 6.07 Å². The maximum Gasteiger partial charge on any atom is 0.258 e. The van der Waals surface area contributed by atoms with Crippen LogP contribution >= 0.6 is 0 Å². The van der Waals surface area contributed by atoms with Crippen molar-refractivity contribution in [3.63, 3.8) is 0 Å². The minimum atomic E-state index is -0.195. The first-order chi connectivity index (χ1) is 12.4. The van der Waals surface area contributed by atoms with Crippen molar-refractivity contribution < 1.29 is 9.47 Å². The van der Waals surface area contributed by atoms with E-state index >= 15 is 0 Å². The van der Waals surface area contributed by atoms with Gasteiger partial charge >= 0.3 is 0 Å². The van der Waals surface area contributed by atoms with Crippen molar-refractivity contribution in [2.75, 3.05) is 26.2 Å². The lowest BCUT2D eigenvalue weighted by Gasteiger charge is -2.20. The maximum absolute atomic E-state index is 12.5. The number of rotatable bonds is 5. The van der Waals surface area contributed by atoms with Gasteiger partial charge < -0.3 is 19.4 Å². The van der Waals surface area contributed by atoms with Gasteiger partial charge in [0.1, 0.15) is 5.82 Å². The molecule has 0 bridgehead atoms. The number of aromatic nitrogens is 2. The van der Waals surface area contributed by atoms with Crippen LogP contribution in [0.25, 0.3) is 10.9 Å². The van der Waals surface area contributed by atoms with Crippen LogP contribution in [0, 0.1) is 13.8 Å². The number of hydrogen-bond donors (Lipinski definition) is 1. The van der Waals surface area contributed by atoms with Crippen LogP contribution in [0.2, 0.25) is 0 Å². The average molecular weight is 353 g/mol. The predicted octanol–water partition coefficient (Wildman–Crippen LogP) is 3.19. The molecular formula is C20H23N3O3. The van der Waals surface area contributed by atoms with Crippen molar-refractivity contribution in [1.82, 2.24) is 9.97 Å². The van der Waals surface area contributed by atoms with Crippen molar-refractivity contribution in [3.05, 3.63) is 57.6 Å². The highest BCUT2D eigenvalue weighted by molar-refractivity contribution is 5.81. The number of benzene rings is 2. The molecule has 1 N–H and O–H groups in total. The molecule has 0 fully saturated rings. The summed E-state index contributed by atoms with van der Waals surface area (Å²) in [5, 5.41) is 0.473. The summed E-state index contributed by atoms with van der Waals surface area (Å²) in [5.74, 6) is 1.65. The number of aromatic amines is 1. The molecule has 0 aliphatic rings. The lowest BCUT2D eigenvalue weighted by atomic mass is 10.1. The van der Waals surface area contributed by atoms with E-state index in [0.29, 0.717) is 34.8 Å². The molecule has 0 atom stereocenters. The fourth-order valence-electron chi connectivity index (χ4n) is 3.08. The summed E-state index contributed by atoms with van der Waals surface area (Å²) >= 11 is 0.